The van der Waals surface area contributed by atoms with Gasteiger partial charge in [0.1, 0.15) is 19.0 Å². The molecule has 0 aliphatic rings. The quantitative estimate of drug-likeness (QED) is 0.701. The summed E-state index contributed by atoms with van der Waals surface area (Å²) in [5, 5.41) is 0. The summed E-state index contributed by atoms with van der Waals surface area (Å²) in [5.41, 5.74) is 3.08. The van der Waals surface area contributed by atoms with E-state index in [0.29, 0.717) is 5.88 Å². The summed E-state index contributed by atoms with van der Waals surface area (Å²) in [6.45, 7) is 3.53. The Morgan fingerprint density at radius 3 is 2.29 bits per heavy atom. The molecule has 1 nitrogen and oxygen atoms in total. The highest BCUT2D eigenvalue weighted by molar-refractivity contribution is 6.17. The molecule has 0 spiro atoms. The van der Waals surface area contributed by atoms with Crippen molar-refractivity contribution < 1.29 is 9.13 Å². The number of halogens is 2. The predicted molar refractivity (Wildman–Crippen MR) is 56.9 cm³/mol. The lowest BCUT2D eigenvalue weighted by atomic mass is 10.1. The summed E-state index contributed by atoms with van der Waals surface area (Å²) >= 11 is 5.73. The van der Waals surface area contributed by atoms with Crippen molar-refractivity contribution in [1.82, 2.24) is 0 Å². The first-order valence-electron chi connectivity index (χ1n) is 4.54. The maximum Gasteiger partial charge on any atom is 0.125 e. The van der Waals surface area contributed by atoms with Gasteiger partial charge in [-0.2, -0.15) is 0 Å². The molecule has 0 radical (unpaired) electrons. The van der Waals surface area contributed by atoms with Crippen LogP contribution in [0.4, 0.5) is 4.39 Å². The monoisotopic (exact) mass is 216 g/mol. The van der Waals surface area contributed by atoms with Gasteiger partial charge in [0, 0.05) is 5.88 Å². The molecule has 0 aliphatic heterocycles. The van der Waals surface area contributed by atoms with Crippen molar-refractivity contribution in [2.75, 3.05) is 13.3 Å². The minimum atomic E-state index is -0.462. The molecule has 0 saturated heterocycles. The van der Waals surface area contributed by atoms with Crippen LogP contribution in [0.25, 0.3) is 0 Å². The van der Waals surface area contributed by atoms with Gasteiger partial charge in [0.15, 0.2) is 0 Å². The summed E-state index contributed by atoms with van der Waals surface area (Å²) < 4.78 is 17.2. The number of hydrogen-bond donors (Lipinski definition) is 0. The highest BCUT2D eigenvalue weighted by Gasteiger charge is 2.05. The van der Waals surface area contributed by atoms with Gasteiger partial charge in [-0.25, -0.2) is 4.39 Å². The SMILES string of the molecule is Cc1cc(CCl)cc(C)c1OCCF. The molecular formula is C11H14ClFO. The Bertz CT molecular complexity index is 289. The molecule has 0 heterocycles. The molecule has 0 atom stereocenters. The van der Waals surface area contributed by atoms with E-state index >= 15 is 0 Å². The Labute approximate surface area is 88.8 Å². The lowest BCUT2D eigenvalue weighted by molar-refractivity contribution is 0.270. The Balaban J connectivity index is 2.93. The Kier molecular flexibility index (Phi) is 4.21. The zero-order valence-corrected chi connectivity index (χ0v) is 9.20. The van der Waals surface area contributed by atoms with Crippen LogP contribution >= 0.6 is 11.6 Å². The van der Waals surface area contributed by atoms with Crippen LogP contribution in [0.15, 0.2) is 12.1 Å². The molecule has 14 heavy (non-hydrogen) atoms. The van der Waals surface area contributed by atoms with E-state index in [-0.39, 0.29) is 6.61 Å². The fourth-order valence-corrected chi connectivity index (χ4v) is 1.64. The predicted octanol–water partition coefficient (Wildman–Crippen LogP) is 3.39. The molecule has 0 amide bonds. The minimum absolute atomic E-state index is 0.113. The van der Waals surface area contributed by atoms with Crippen molar-refractivity contribution in [3.05, 3.63) is 28.8 Å². The first-order valence-corrected chi connectivity index (χ1v) is 5.07. The fraction of sp³-hybridized carbons (Fsp3) is 0.455. The van der Waals surface area contributed by atoms with Crippen LogP contribution in [0.2, 0.25) is 0 Å². The standard InChI is InChI=1S/C11H14ClFO/c1-8-5-10(7-12)6-9(2)11(8)14-4-3-13/h5-6H,3-4,7H2,1-2H3. The second-order valence-electron chi connectivity index (χ2n) is 3.23. The molecule has 1 rings (SSSR count). The van der Waals surface area contributed by atoms with Crippen LogP contribution in [0, 0.1) is 13.8 Å². The fourth-order valence-electron chi connectivity index (χ4n) is 1.49. The zero-order valence-electron chi connectivity index (χ0n) is 8.44. The van der Waals surface area contributed by atoms with Crippen LogP contribution in [-0.2, 0) is 5.88 Å². The zero-order chi connectivity index (χ0) is 10.6. The summed E-state index contributed by atoms with van der Waals surface area (Å²) in [6.07, 6.45) is 0. The van der Waals surface area contributed by atoms with Crippen molar-refractivity contribution in [2.45, 2.75) is 19.7 Å². The van der Waals surface area contributed by atoms with Crippen molar-refractivity contribution >= 4 is 11.6 Å². The van der Waals surface area contributed by atoms with Gasteiger partial charge in [-0.05, 0) is 30.5 Å². The van der Waals surface area contributed by atoms with Crippen LogP contribution in [0.1, 0.15) is 16.7 Å². The second-order valence-corrected chi connectivity index (χ2v) is 3.50. The molecule has 1 aromatic rings. The van der Waals surface area contributed by atoms with Gasteiger partial charge < -0.3 is 4.74 Å². The van der Waals surface area contributed by atoms with Gasteiger partial charge in [-0.3, -0.25) is 0 Å². The van der Waals surface area contributed by atoms with Crippen molar-refractivity contribution in [2.24, 2.45) is 0 Å². The van der Waals surface area contributed by atoms with E-state index in [1.165, 1.54) is 0 Å². The molecule has 1 aromatic carbocycles. The van der Waals surface area contributed by atoms with E-state index in [9.17, 15) is 4.39 Å². The number of rotatable bonds is 4. The van der Waals surface area contributed by atoms with Crippen LogP contribution in [0.3, 0.4) is 0 Å². The van der Waals surface area contributed by atoms with Gasteiger partial charge in [0.25, 0.3) is 0 Å². The molecule has 78 valence electrons. The first-order chi connectivity index (χ1) is 6.69. The van der Waals surface area contributed by atoms with E-state index in [0.717, 1.165) is 22.4 Å². The van der Waals surface area contributed by atoms with Gasteiger partial charge in [0.2, 0.25) is 0 Å². The van der Waals surface area contributed by atoms with E-state index in [2.05, 4.69) is 0 Å². The van der Waals surface area contributed by atoms with Crippen molar-refractivity contribution in [1.29, 1.82) is 0 Å². The average Bonchev–Trinajstić information content (AvgIpc) is 2.16. The van der Waals surface area contributed by atoms with Gasteiger partial charge in [-0.15, -0.1) is 11.6 Å². The van der Waals surface area contributed by atoms with Crippen LogP contribution in [0.5, 0.6) is 5.75 Å². The number of aryl methyl sites for hydroxylation is 2. The van der Waals surface area contributed by atoms with Crippen LogP contribution < -0.4 is 4.74 Å². The molecular weight excluding hydrogens is 203 g/mol. The third kappa shape index (κ3) is 2.61. The highest BCUT2D eigenvalue weighted by Crippen LogP contribution is 2.25. The summed E-state index contributed by atoms with van der Waals surface area (Å²) in [6, 6.07) is 3.93. The van der Waals surface area contributed by atoms with E-state index in [4.69, 9.17) is 16.3 Å². The van der Waals surface area contributed by atoms with Gasteiger partial charge in [0.05, 0.1) is 0 Å². The Morgan fingerprint density at radius 1 is 1.29 bits per heavy atom. The lowest BCUT2D eigenvalue weighted by Crippen LogP contribution is -2.02. The van der Waals surface area contributed by atoms with Crippen molar-refractivity contribution in [3.63, 3.8) is 0 Å². The molecule has 0 fully saturated rings. The van der Waals surface area contributed by atoms with Gasteiger partial charge >= 0.3 is 0 Å². The van der Waals surface area contributed by atoms with E-state index in [1.807, 2.05) is 26.0 Å². The summed E-state index contributed by atoms with van der Waals surface area (Å²) in [7, 11) is 0. The molecule has 3 heteroatoms. The Morgan fingerprint density at radius 2 is 1.86 bits per heavy atom. The number of alkyl halides is 2. The maximum absolute atomic E-state index is 11.9. The van der Waals surface area contributed by atoms with E-state index in [1.54, 1.807) is 0 Å². The highest BCUT2D eigenvalue weighted by atomic mass is 35.5. The van der Waals surface area contributed by atoms with Gasteiger partial charge in [-0.1, -0.05) is 12.1 Å². The maximum atomic E-state index is 11.9. The topological polar surface area (TPSA) is 9.23 Å². The normalized spacial score (nSPS) is 10.3. The summed E-state index contributed by atoms with van der Waals surface area (Å²) in [5.74, 6) is 1.27. The lowest BCUT2D eigenvalue weighted by Gasteiger charge is -2.12. The number of ether oxygens (including phenoxy) is 1. The number of benzene rings is 1. The molecule has 0 bridgehead atoms. The van der Waals surface area contributed by atoms with E-state index < -0.39 is 6.67 Å². The molecule has 0 unspecified atom stereocenters. The third-order valence-electron chi connectivity index (χ3n) is 2.00. The summed E-state index contributed by atoms with van der Waals surface area (Å²) in [4.78, 5) is 0. The smallest absolute Gasteiger partial charge is 0.125 e. The average molecular weight is 217 g/mol. The van der Waals surface area contributed by atoms with Crippen molar-refractivity contribution in [3.8, 4) is 5.75 Å². The Hall–Kier alpha value is -0.760. The molecule has 0 aliphatic carbocycles. The minimum Gasteiger partial charge on any atom is -0.490 e. The van der Waals surface area contributed by atoms with Crippen LogP contribution in [-0.4, -0.2) is 13.3 Å². The second kappa shape index (κ2) is 5.20. The first kappa shape index (κ1) is 11.3. The molecule has 0 aromatic heterocycles. The third-order valence-corrected chi connectivity index (χ3v) is 2.31. The molecule has 0 saturated carbocycles. The number of hydrogen-bond acceptors (Lipinski definition) is 1. The molecule has 0 N–H and O–H groups in total. The largest absolute Gasteiger partial charge is 0.490 e.